The van der Waals surface area contributed by atoms with Gasteiger partial charge in [0, 0.05) is 30.9 Å². The van der Waals surface area contributed by atoms with Gasteiger partial charge < -0.3 is 15.3 Å². The van der Waals surface area contributed by atoms with E-state index in [9.17, 15) is 9.59 Å². The predicted octanol–water partition coefficient (Wildman–Crippen LogP) is 0.942. The van der Waals surface area contributed by atoms with Crippen molar-refractivity contribution in [2.45, 2.75) is 32.2 Å². The summed E-state index contributed by atoms with van der Waals surface area (Å²) in [7, 11) is 0. The SMILES string of the molecule is CCc1cc(N2CCCC(NC(=O)CSCC(=O)O)C2)ncn1. The van der Waals surface area contributed by atoms with Crippen LogP contribution in [0.25, 0.3) is 0 Å². The van der Waals surface area contributed by atoms with Crippen LogP contribution in [0.3, 0.4) is 0 Å². The Bertz CT molecular complexity index is 555. The number of carboxylic acid groups (broad SMARTS) is 1. The quantitative estimate of drug-likeness (QED) is 0.764. The maximum Gasteiger partial charge on any atom is 0.313 e. The minimum atomic E-state index is -0.901. The number of anilines is 1. The van der Waals surface area contributed by atoms with Gasteiger partial charge in [0.1, 0.15) is 12.1 Å². The predicted molar refractivity (Wildman–Crippen MR) is 89.7 cm³/mol. The van der Waals surface area contributed by atoms with Crippen LogP contribution < -0.4 is 10.2 Å². The first-order valence-corrected chi connectivity index (χ1v) is 8.88. The summed E-state index contributed by atoms with van der Waals surface area (Å²) < 4.78 is 0. The average Bonchev–Trinajstić information content (AvgIpc) is 2.55. The summed E-state index contributed by atoms with van der Waals surface area (Å²) in [5.41, 5.74) is 1.01. The Hall–Kier alpha value is -1.83. The van der Waals surface area contributed by atoms with Gasteiger partial charge in [-0.05, 0) is 19.3 Å². The van der Waals surface area contributed by atoms with E-state index < -0.39 is 5.97 Å². The summed E-state index contributed by atoms with van der Waals surface area (Å²) in [6.45, 7) is 3.69. The molecule has 2 rings (SSSR count). The lowest BCUT2D eigenvalue weighted by Crippen LogP contribution is -2.48. The van der Waals surface area contributed by atoms with Crippen LogP contribution in [-0.4, -0.2) is 57.6 Å². The molecule has 2 heterocycles. The number of hydrogen-bond donors (Lipinski definition) is 2. The molecule has 0 spiro atoms. The van der Waals surface area contributed by atoms with Crippen LogP contribution in [0.4, 0.5) is 5.82 Å². The molecule has 1 unspecified atom stereocenters. The van der Waals surface area contributed by atoms with E-state index in [4.69, 9.17) is 5.11 Å². The fourth-order valence-electron chi connectivity index (χ4n) is 2.56. The van der Waals surface area contributed by atoms with Crippen molar-refractivity contribution in [3.8, 4) is 0 Å². The number of rotatable bonds is 7. The molecule has 0 saturated carbocycles. The minimum Gasteiger partial charge on any atom is -0.481 e. The highest BCUT2D eigenvalue weighted by molar-refractivity contribution is 8.00. The molecule has 1 aromatic heterocycles. The molecule has 1 atom stereocenters. The standard InChI is InChI=1S/C15H22N4O3S/c1-2-11-6-13(17-10-16-11)19-5-3-4-12(7-19)18-14(20)8-23-9-15(21)22/h6,10,12H,2-5,7-9H2,1H3,(H,18,20)(H,21,22). The first-order valence-electron chi connectivity index (χ1n) is 7.73. The van der Waals surface area contributed by atoms with E-state index in [1.165, 1.54) is 0 Å². The van der Waals surface area contributed by atoms with Crippen LogP contribution in [0.5, 0.6) is 0 Å². The number of aliphatic carboxylic acids is 1. The smallest absolute Gasteiger partial charge is 0.313 e. The van der Waals surface area contributed by atoms with Gasteiger partial charge in [-0.15, -0.1) is 11.8 Å². The number of aromatic nitrogens is 2. The number of piperidine rings is 1. The summed E-state index contributed by atoms with van der Waals surface area (Å²) in [6, 6.07) is 2.06. The molecule has 2 N–H and O–H groups in total. The molecule has 0 radical (unpaired) electrons. The number of nitrogens with one attached hydrogen (secondary N) is 1. The fraction of sp³-hybridized carbons (Fsp3) is 0.600. The second-order valence-corrected chi connectivity index (χ2v) is 6.45. The molecule has 0 aromatic carbocycles. The Morgan fingerprint density at radius 1 is 1.43 bits per heavy atom. The summed E-state index contributed by atoms with van der Waals surface area (Å²) in [4.78, 5) is 33.0. The van der Waals surface area contributed by atoms with Crippen molar-refractivity contribution < 1.29 is 14.7 Å². The lowest BCUT2D eigenvalue weighted by Gasteiger charge is -2.34. The highest BCUT2D eigenvalue weighted by atomic mass is 32.2. The van der Waals surface area contributed by atoms with Gasteiger partial charge in [-0.25, -0.2) is 9.97 Å². The van der Waals surface area contributed by atoms with Crippen molar-refractivity contribution in [1.29, 1.82) is 0 Å². The van der Waals surface area contributed by atoms with Gasteiger partial charge in [0.05, 0.1) is 11.5 Å². The molecule has 1 aromatic rings. The van der Waals surface area contributed by atoms with Gasteiger partial charge in [0.15, 0.2) is 0 Å². The first kappa shape index (κ1) is 17.5. The van der Waals surface area contributed by atoms with Crippen molar-refractivity contribution in [2.24, 2.45) is 0 Å². The highest BCUT2D eigenvalue weighted by Crippen LogP contribution is 2.18. The third-order valence-corrected chi connectivity index (χ3v) is 4.56. The van der Waals surface area contributed by atoms with E-state index >= 15 is 0 Å². The van der Waals surface area contributed by atoms with Gasteiger partial charge in [-0.2, -0.15) is 0 Å². The second-order valence-electron chi connectivity index (χ2n) is 5.46. The molecule has 1 saturated heterocycles. The van der Waals surface area contributed by atoms with Crippen LogP contribution in [0.1, 0.15) is 25.5 Å². The molecular formula is C15H22N4O3S. The third-order valence-electron chi connectivity index (χ3n) is 3.64. The Morgan fingerprint density at radius 2 is 2.26 bits per heavy atom. The van der Waals surface area contributed by atoms with Gasteiger partial charge in [0.25, 0.3) is 0 Å². The van der Waals surface area contributed by atoms with Crippen LogP contribution in [0.2, 0.25) is 0 Å². The summed E-state index contributed by atoms with van der Waals surface area (Å²) in [5.74, 6) is 0.0135. The van der Waals surface area contributed by atoms with Crippen molar-refractivity contribution in [1.82, 2.24) is 15.3 Å². The number of carboxylic acids is 1. The van der Waals surface area contributed by atoms with E-state index in [2.05, 4.69) is 27.1 Å². The van der Waals surface area contributed by atoms with Crippen molar-refractivity contribution >= 4 is 29.5 Å². The van der Waals surface area contributed by atoms with E-state index in [1.807, 2.05) is 6.07 Å². The lowest BCUT2D eigenvalue weighted by atomic mass is 10.1. The molecule has 7 nitrogen and oxygen atoms in total. The Morgan fingerprint density at radius 3 is 3.00 bits per heavy atom. The fourth-order valence-corrected chi connectivity index (χ4v) is 3.10. The number of carbonyl (C=O) groups excluding carboxylic acids is 1. The molecule has 1 aliphatic heterocycles. The number of thioether (sulfide) groups is 1. The number of carbonyl (C=O) groups is 2. The van der Waals surface area contributed by atoms with Crippen molar-refractivity contribution in [3.63, 3.8) is 0 Å². The molecule has 126 valence electrons. The zero-order valence-electron chi connectivity index (χ0n) is 13.2. The maximum absolute atomic E-state index is 11.9. The summed E-state index contributed by atoms with van der Waals surface area (Å²) >= 11 is 1.11. The van der Waals surface area contributed by atoms with Crippen LogP contribution >= 0.6 is 11.8 Å². The lowest BCUT2D eigenvalue weighted by molar-refractivity contribution is -0.133. The van der Waals surface area contributed by atoms with Crippen LogP contribution in [-0.2, 0) is 16.0 Å². The van der Waals surface area contributed by atoms with E-state index in [0.717, 1.165) is 55.6 Å². The molecule has 0 bridgehead atoms. The average molecular weight is 338 g/mol. The van der Waals surface area contributed by atoms with Crippen molar-refractivity contribution in [3.05, 3.63) is 18.1 Å². The van der Waals surface area contributed by atoms with Crippen LogP contribution in [0, 0.1) is 0 Å². The second kappa shape index (κ2) is 8.71. The monoisotopic (exact) mass is 338 g/mol. The number of hydrogen-bond acceptors (Lipinski definition) is 6. The number of nitrogens with zero attached hydrogens (tertiary/aromatic N) is 3. The molecule has 1 amide bonds. The van der Waals surface area contributed by atoms with Crippen molar-refractivity contribution in [2.75, 3.05) is 29.5 Å². The molecule has 0 aliphatic carbocycles. The van der Waals surface area contributed by atoms with Gasteiger partial charge >= 0.3 is 5.97 Å². The summed E-state index contributed by atoms with van der Waals surface area (Å²) in [5, 5.41) is 11.6. The molecule has 1 aliphatic rings. The minimum absolute atomic E-state index is 0.0507. The maximum atomic E-state index is 11.9. The van der Waals surface area contributed by atoms with E-state index in [1.54, 1.807) is 6.33 Å². The molecular weight excluding hydrogens is 316 g/mol. The van der Waals surface area contributed by atoms with Crippen LogP contribution in [0.15, 0.2) is 12.4 Å². The number of aryl methyl sites for hydroxylation is 1. The zero-order valence-corrected chi connectivity index (χ0v) is 14.0. The topological polar surface area (TPSA) is 95.4 Å². The summed E-state index contributed by atoms with van der Waals surface area (Å²) in [6.07, 6.45) is 4.36. The molecule has 8 heteroatoms. The van der Waals surface area contributed by atoms with Gasteiger partial charge in [0.2, 0.25) is 5.91 Å². The third kappa shape index (κ3) is 5.70. The Labute approximate surface area is 139 Å². The highest BCUT2D eigenvalue weighted by Gasteiger charge is 2.22. The van der Waals surface area contributed by atoms with Gasteiger partial charge in [-0.3, -0.25) is 9.59 Å². The number of amides is 1. The largest absolute Gasteiger partial charge is 0.481 e. The molecule has 1 fully saturated rings. The zero-order chi connectivity index (χ0) is 16.7. The van der Waals surface area contributed by atoms with E-state index in [0.29, 0.717) is 0 Å². The van der Waals surface area contributed by atoms with Gasteiger partial charge in [-0.1, -0.05) is 6.92 Å². The van der Waals surface area contributed by atoms with E-state index in [-0.39, 0.29) is 23.5 Å². The normalized spacial score (nSPS) is 17.8. The first-order chi connectivity index (χ1) is 11.1. The Kier molecular flexibility index (Phi) is 6.64. The molecule has 23 heavy (non-hydrogen) atoms. The Balaban J connectivity index is 1.85.